The SMILES string of the molecule is O=C(OCC(=O)N1c2ccccc2NC(=O)C12CCCC2)C1CCN(C(=O)c2ccco2)CC1. The molecule has 1 N–H and O–H groups in total. The van der Waals surface area contributed by atoms with Crippen LogP contribution in [0.1, 0.15) is 49.1 Å². The molecule has 1 saturated heterocycles. The molecular weight excluding hydrogens is 438 g/mol. The Kier molecular flexibility index (Phi) is 5.85. The molecule has 0 unspecified atom stereocenters. The Morgan fingerprint density at radius 1 is 1.06 bits per heavy atom. The molecule has 34 heavy (non-hydrogen) atoms. The maximum atomic E-state index is 13.3. The minimum Gasteiger partial charge on any atom is -0.459 e. The molecule has 1 aromatic carbocycles. The van der Waals surface area contributed by atoms with Crippen molar-refractivity contribution in [3.05, 3.63) is 48.4 Å². The van der Waals surface area contributed by atoms with Gasteiger partial charge in [-0.2, -0.15) is 0 Å². The van der Waals surface area contributed by atoms with Gasteiger partial charge in [0.05, 0.1) is 23.6 Å². The lowest BCUT2D eigenvalue weighted by molar-refractivity contribution is -0.153. The van der Waals surface area contributed by atoms with Crippen LogP contribution in [0, 0.1) is 5.92 Å². The van der Waals surface area contributed by atoms with E-state index in [0.717, 1.165) is 12.8 Å². The zero-order valence-corrected chi connectivity index (χ0v) is 18.8. The first-order valence-electron chi connectivity index (χ1n) is 11.7. The van der Waals surface area contributed by atoms with E-state index in [1.165, 1.54) is 6.26 Å². The van der Waals surface area contributed by atoms with Gasteiger partial charge < -0.3 is 19.4 Å². The summed E-state index contributed by atoms with van der Waals surface area (Å²) in [5.74, 6) is -1.34. The van der Waals surface area contributed by atoms with Gasteiger partial charge in [-0.3, -0.25) is 24.1 Å². The molecule has 2 fully saturated rings. The number of ether oxygens (including phenoxy) is 1. The number of anilines is 2. The van der Waals surface area contributed by atoms with E-state index in [4.69, 9.17) is 9.15 Å². The number of benzene rings is 1. The maximum Gasteiger partial charge on any atom is 0.309 e. The summed E-state index contributed by atoms with van der Waals surface area (Å²) < 4.78 is 10.6. The van der Waals surface area contributed by atoms with Crippen molar-refractivity contribution in [2.75, 3.05) is 29.9 Å². The Morgan fingerprint density at radius 3 is 2.50 bits per heavy atom. The molecule has 178 valence electrons. The molecule has 9 nitrogen and oxygen atoms in total. The molecule has 5 rings (SSSR count). The van der Waals surface area contributed by atoms with E-state index in [9.17, 15) is 19.2 Å². The van der Waals surface area contributed by atoms with Gasteiger partial charge in [0.1, 0.15) is 5.54 Å². The fraction of sp³-hybridized carbons (Fsp3) is 0.440. The molecule has 0 bridgehead atoms. The summed E-state index contributed by atoms with van der Waals surface area (Å²) in [6.07, 6.45) is 5.23. The van der Waals surface area contributed by atoms with Crippen molar-refractivity contribution in [3.8, 4) is 0 Å². The largest absolute Gasteiger partial charge is 0.459 e. The number of fused-ring (bicyclic) bond motifs is 1. The number of carbonyl (C=O) groups excluding carboxylic acids is 4. The molecule has 0 atom stereocenters. The molecule has 3 aliphatic rings. The third-order valence-corrected chi connectivity index (χ3v) is 7.11. The second-order valence-electron chi connectivity index (χ2n) is 9.09. The van der Waals surface area contributed by atoms with Crippen LogP contribution in [0.25, 0.3) is 0 Å². The summed E-state index contributed by atoms with van der Waals surface area (Å²) in [6.45, 7) is 0.403. The highest BCUT2D eigenvalue weighted by Gasteiger charge is 2.52. The lowest BCUT2D eigenvalue weighted by Gasteiger charge is -2.44. The smallest absolute Gasteiger partial charge is 0.309 e. The number of furan rings is 1. The molecule has 1 spiro atoms. The molecule has 1 saturated carbocycles. The van der Waals surface area contributed by atoms with Crippen LogP contribution in [0.2, 0.25) is 0 Å². The van der Waals surface area contributed by atoms with Gasteiger partial charge in [-0.25, -0.2) is 0 Å². The highest BCUT2D eigenvalue weighted by Crippen LogP contribution is 2.45. The van der Waals surface area contributed by atoms with Gasteiger partial charge in [0.15, 0.2) is 12.4 Å². The number of amides is 3. The molecule has 1 aliphatic carbocycles. The Bertz CT molecular complexity index is 1100. The van der Waals surface area contributed by atoms with Crippen LogP contribution in [0.4, 0.5) is 11.4 Å². The van der Waals surface area contributed by atoms with E-state index in [0.29, 0.717) is 50.1 Å². The van der Waals surface area contributed by atoms with Crippen molar-refractivity contribution >= 4 is 35.1 Å². The number of para-hydroxylation sites is 2. The minimum absolute atomic E-state index is 0.183. The zero-order valence-electron chi connectivity index (χ0n) is 18.8. The normalized spacial score (nSPS) is 19.6. The molecule has 9 heteroatoms. The highest BCUT2D eigenvalue weighted by molar-refractivity contribution is 6.15. The van der Waals surface area contributed by atoms with Crippen molar-refractivity contribution in [1.29, 1.82) is 0 Å². The first-order chi connectivity index (χ1) is 16.5. The fourth-order valence-corrected chi connectivity index (χ4v) is 5.32. The number of piperidine rings is 1. The van der Waals surface area contributed by atoms with Gasteiger partial charge in [0, 0.05) is 13.1 Å². The standard InChI is InChI=1S/C25H27N3O6/c29-21(28-19-7-2-1-6-18(19)26-24(32)25(28)11-3-4-12-25)16-34-23(31)17-9-13-27(14-10-17)22(30)20-8-5-15-33-20/h1-2,5-8,15,17H,3-4,9-14,16H2,(H,26,32). The maximum absolute atomic E-state index is 13.3. The third-order valence-electron chi connectivity index (χ3n) is 7.11. The molecule has 3 heterocycles. The van der Waals surface area contributed by atoms with E-state index in [-0.39, 0.29) is 23.5 Å². The van der Waals surface area contributed by atoms with E-state index in [1.807, 2.05) is 6.07 Å². The number of carbonyl (C=O) groups is 4. The van der Waals surface area contributed by atoms with E-state index < -0.39 is 24.0 Å². The van der Waals surface area contributed by atoms with Crippen molar-refractivity contribution in [3.63, 3.8) is 0 Å². The van der Waals surface area contributed by atoms with Gasteiger partial charge in [-0.05, 0) is 49.9 Å². The summed E-state index contributed by atoms with van der Waals surface area (Å²) in [7, 11) is 0. The second kappa shape index (κ2) is 8.96. The topological polar surface area (TPSA) is 109 Å². The van der Waals surface area contributed by atoms with Crippen LogP contribution in [-0.2, 0) is 19.1 Å². The van der Waals surface area contributed by atoms with Crippen molar-refractivity contribution in [2.24, 2.45) is 5.92 Å². The third kappa shape index (κ3) is 3.85. The number of esters is 1. The van der Waals surface area contributed by atoms with Gasteiger partial charge in [-0.1, -0.05) is 25.0 Å². The number of nitrogens with one attached hydrogen (secondary N) is 1. The highest BCUT2D eigenvalue weighted by atomic mass is 16.5. The molecule has 0 radical (unpaired) electrons. The Morgan fingerprint density at radius 2 is 1.79 bits per heavy atom. The molecule has 3 amide bonds. The number of hydrogen-bond donors (Lipinski definition) is 1. The van der Waals surface area contributed by atoms with Crippen molar-refractivity contribution < 1.29 is 28.3 Å². The average molecular weight is 466 g/mol. The summed E-state index contributed by atoms with van der Waals surface area (Å²) in [5.41, 5.74) is 0.281. The number of rotatable bonds is 4. The van der Waals surface area contributed by atoms with Gasteiger partial charge in [-0.15, -0.1) is 0 Å². The number of likely N-dealkylation sites (tertiary alicyclic amines) is 1. The monoisotopic (exact) mass is 465 g/mol. The molecule has 2 aromatic rings. The van der Waals surface area contributed by atoms with E-state index in [2.05, 4.69) is 5.32 Å². The minimum atomic E-state index is -0.935. The van der Waals surface area contributed by atoms with Gasteiger partial charge in [0.2, 0.25) is 0 Å². The fourth-order valence-electron chi connectivity index (χ4n) is 5.32. The lowest BCUT2D eigenvalue weighted by atomic mass is 9.90. The second-order valence-corrected chi connectivity index (χ2v) is 9.09. The first kappa shape index (κ1) is 22.2. The summed E-state index contributed by atoms with van der Waals surface area (Å²) in [4.78, 5) is 54.7. The Balaban J connectivity index is 1.22. The van der Waals surface area contributed by atoms with Crippen molar-refractivity contribution in [2.45, 2.75) is 44.1 Å². The first-order valence-corrected chi connectivity index (χ1v) is 11.7. The van der Waals surface area contributed by atoms with Crippen LogP contribution in [-0.4, -0.2) is 53.8 Å². The Hall–Kier alpha value is -3.62. The van der Waals surface area contributed by atoms with Crippen LogP contribution < -0.4 is 10.2 Å². The van der Waals surface area contributed by atoms with Gasteiger partial charge in [0.25, 0.3) is 17.7 Å². The predicted molar refractivity (Wildman–Crippen MR) is 122 cm³/mol. The molecule has 2 aliphatic heterocycles. The van der Waals surface area contributed by atoms with Crippen LogP contribution in [0.5, 0.6) is 0 Å². The van der Waals surface area contributed by atoms with Crippen LogP contribution in [0.15, 0.2) is 47.1 Å². The van der Waals surface area contributed by atoms with E-state index >= 15 is 0 Å². The van der Waals surface area contributed by atoms with Crippen LogP contribution >= 0.6 is 0 Å². The predicted octanol–water partition coefficient (Wildman–Crippen LogP) is 2.97. The summed E-state index contributed by atoms with van der Waals surface area (Å²) in [5, 5.41) is 2.94. The number of hydrogen-bond acceptors (Lipinski definition) is 6. The molecular formula is C25H27N3O6. The van der Waals surface area contributed by atoms with Crippen LogP contribution in [0.3, 0.4) is 0 Å². The average Bonchev–Trinajstić information content (AvgIpc) is 3.56. The van der Waals surface area contributed by atoms with E-state index in [1.54, 1.807) is 40.1 Å². The Labute approximate surface area is 197 Å². The lowest BCUT2D eigenvalue weighted by Crippen LogP contribution is -2.61. The van der Waals surface area contributed by atoms with Crippen molar-refractivity contribution in [1.82, 2.24) is 4.90 Å². The van der Waals surface area contributed by atoms with Gasteiger partial charge >= 0.3 is 5.97 Å². The summed E-state index contributed by atoms with van der Waals surface area (Å²) in [6, 6.07) is 10.5. The zero-order chi connectivity index (χ0) is 23.7. The number of nitrogens with zero attached hydrogens (tertiary/aromatic N) is 2. The quantitative estimate of drug-likeness (QED) is 0.696. The summed E-state index contributed by atoms with van der Waals surface area (Å²) >= 11 is 0. The molecule has 1 aromatic heterocycles.